The summed E-state index contributed by atoms with van der Waals surface area (Å²) in [5.74, 6) is -1.10. The molecular weight excluding hydrogens is 326 g/mol. The molecule has 0 aliphatic rings. The average Bonchev–Trinajstić information content (AvgIpc) is 2.88. The Bertz CT molecular complexity index is 748. The quantitative estimate of drug-likeness (QED) is 0.615. The number of nitro groups is 1. The molecule has 0 atom stereocenters. The molecule has 1 aromatic heterocycles. The molecule has 128 valence electrons. The maximum Gasteiger partial charge on any atom is 0.390 e. The van der Waals surface area contributed by atoms with Crippen molar-refractivity contribution < 1.29 is 23.2 Å². The zero-order chi connectivity index (χ0) is 17.7. The summed E-state index contributed by atoms with van der Waals surface area (Å²) in [7, 11) is 0. The number of nitrogens with zero attached hydrogens (tertiary/aromatic N) is 3. The molecule has 8 nitrogen and oxygen atoms in total. The molecule has 0 saturated carbocycles. The van der Waals surface area contributed by atoms with Crippen molar-refractivity contribution in [3.05, 3.63) is 51.7 Å². The summed E-state index contributed by atoms with van der Waals surface area (Å²) in [4.78, 5) is 22.1. The molecule has 1 amide bonds. The first-order valence-corrected chi connectivity index (χ1v) is 6.89. The van der Waals surface area contributed by atoms with Crippen LogP contribution in [0.2, 0.25) is 0 Å². The Hall–Kier alpha value is -3.04. The highest BCUT2D eigenvalue weighted by Crippen LogP contribution is 2.20. The highest BCUT2D eigenvalue weighted by Gasteiger charge is 2.17. The summed E-state index contributed by atoms with van der Waals surface area (Å²) in [6.07, 6.45) is 0. The van der Waals surface area contributed by atoms with Gasteiger partial charge in [-0.3, -0.25) is 4.79 Å². The molecule has 24 heavy (non-hydrogen) atoms. The number of hydrogen-bond donors (Lipinski definition) is 1. The van der Waals surface area contributed by atoms with Crippen LogP contribution in [0.4, 0.5) is 14.6 Å². The molecule has 1 N–H and O–H groups in total. The van der Waals surface area contributed by atoms with Crippen molar-refractivity contribution >= 4 is 11.7 Å². The molecule has 10 heteroatoms. The summed E-state index contributed by atoms with van der Waals surface area (Å²) < 4.78 is 30.3. The van der Waals surface area contributed by atoms with Gasteiger partial charge in [0.05, 0.1) is 29.0 Å². The number of ether oxygens (including phenoxy) is 1. The number of amides is 1. The van der Waals surface area contributed by atoms with Crippen LogP contribution in [0.3, 0.4) is 0 Å². The van der Waals surface area contributed by atoms with Gasteiger partial charge in [-0.1, -0.05) is 12.1 Å². The standard InChI is InChI=1S/C14H14F2N4O4/c1-9-8-12(20(22)23)18-19(9)7-6-17-13(21)10-4-2-3-5-11(10)24-14(15)16/h2-5,8,14H,6-7H2,1H3,(H,17,21). The molecule has 1 aromatic carbocycles. The van der Waals surface area contributed by atoms with E-state index in [2.05, 4.69) is 15.2 Å². The molecular formula is C14H14F2N4O4. The third-order valence-corrected chi connectivity index (χ3v) is 3.11. The van der Waals surface area contributed by atoms with E-state index in [1.165, 1.54) is 35.0 Å². The molecule has 0 spiro atoms. The van der Waals surface area contributed by atoms with Gasteiger partial charge in [-0.15, -0.1) is 0 Å². The number of alkyl halides is 2. The Morgan fingerprint density at radius 3 is 2.79 bits per heavy atom. The van der Waals surface area contributed by atoms with Gasteiger partial charge in [0.25, 0.3) is 5.91 Å². The highest BCUT2D eigenvalue weighted by molar-refractivity contribution is 5.96. The number of hydrogen-bond acceptors (Lipinski definition) is 5. The van der Waals surface area contributed by atoms with E-state index in [0.717, 1.165) is 0 Å². The second kappa shape index (κ2) is 7.49. The first-order chi connectivity index (χ1) is 11.4. The number of carbonyl (C=O) groups is 1. The zero-order valence-corrected chi connectivity index (χ0v) is 12.6. The van der Waals surface area contributed by atoms with Gasteiger partial charge < -0.3 is 20.2 Å². The van der Waals surface area contributed by atoms with Gasteiger partial charge in [-0.05, 0) is 24.0 Å². The van der Waals surface area contributed by atoms with E-state index < -0.39 is 17.4 Å². The molecule has 2 rings (SSSR count). The predicted octanol–water partition coefficient (Wildman–Crippen LogP) is 2.13. The van der Waals surface area contributed by atoms with Gasteiger partial charge in [0.15, 0.2) is 0 Å². The predicted molar refractivity (Wildman–Crippen MR) is 79.0 cm³/mol. The van der Waals surface area contributed by atoms with Crippen molar-refractivity contribution in [3.8, 4) is 5.75 Å². The van der Waals surface area contributed by atoms with Gasteiger partial charge >= 0.3 is 12.4 Å². The molecule has 0 aliphatic heterocycles. The van der Waals surface area contributed by atoms with E-state index in [1.807, 2.05) is 0 Å². The average molecular weight is 340 g/mol. The second-order valence-corrected chi connectivity index (χ2v) is 4.75. The third-order valence-electron chi connectivity index (χ3n) is 3.11. The van der Waals surface area contributed by atoms with Crippen LogP contribution in [0, 0.1) is 17.0 Å². The second-order valence-electron chi connectivity index (χ2n) is 4.75. The van der Waals surface area contributed by atoms with E-state index in [9.17, 15) is 23.7 Å². The summed E-state index contributed by atoms with van der Waals surface area (Å²) >= 11 is 0. The molecule has 0 radical (unpaired) electrons. The van der Waals surface area contributed by atoms with Gasteiger partial charge in [0.1, 0.15) is 5.75 Å². The van der Waals surface area contributed by atoms with Crippen LogP contribution in [0.5, 0.6) is 5.75 Å². The maximum atomic E-state index is 12.3. The Morgan fingerprint density at radius 2 is 2.17 bits per heavy atom. The molecule has 0 bridgehead atoms. The summed E-state index contributed by atoms with van der Waals surface area (Å²) in [5.41, 5.74) is 0.540. The van der Waals surface area contributed by atoms with Crippen LogP contribution in [0.15, 0.2) is 30.3 Å². The van der Waals surface area contributed by atoms with Crippen molar-refractivity contribution in [2.24, 2.45) is 0 Å². The molecule has 0 fully saturated rings. The minimum absolute atomic E-state index is 0.0269. The van der Waals surface area contributed by atoms with Crippen LogP contribution in [0.1, 0.15) is 16.1 Å². The van der Waals surface area contributed by atoms with Gasteiger partial charge in [-0.25, -0.2) is 0 Å². The zero-order valence-electron chi connectivity index (χ0n) is 12.6. The van der Waals surface area contributed by atoms with Gasteiger partial charge in [0.2, 0.25) is 0 Å². The fourth-order valence-electron chi connectivity index (χ4n) is 2.03. The van der Waals surface area contributed by atoms with Crippen LogP contribution < -0.4 is 10.1 Å². The highest BCUT2D eigenvalue weighted by atomic mass is 19.3. The smallest absolute Gasteiger partial charge is 0.390 e. The monoisotopic (exact) mass is 340 g/mol. The Balaban J connectivity index is 1.98. The van der Waals surface area contributed by atoms with E-state index in [1.54, 1.807) is 6.92 Å². The van der Waals surface area contributed by atoms with Gasteiger partial charge in [0, 0.05) is 6.54 Å². The Kier molecular flexibility index (Phi) is 5.40. The maximum absolute atomic E-state index is 12.3. The number of benzene rings is 1. The van der Waals surface area contributed by atoms with E-state index in [-0.39, 0.29) is 30.2 Å². The van der Waals surface area contributed by atoms with Crippen LogP contribution >= 0.6 is 0 Å². The van der Waals surface area contributed by atoms with E-state index in [4.69, 9.17) is 0 Å². The number of para-hydroxylation sites is 1. The van der Waals surface area contributed by atoms with Crippen molar-refractivity contribution in [3.63, 3.8) is 0 Å². The van der Waals surface area contributed by atoms with Crippen LogP contribution in [-0.4, -0.2) is 33.8 Å². The SMILES string of the molecule is Cc1cc([N+](=O)[O-])nn1CCNC(=O)c1ccccc1OC(F)F. The lowest BCUT2D eigenvalue weighted by atomic mass is 10.2. The van der Waals surface area contributed by atoms with E-state index in [0.29, 0.717) is 5.69 Å². The van der Waals surface area contributed by atoms with Crippen LogP contribution in [-0.2, 0) is 6.54 Å². The lowest BCUT2D eigenvalue weighted by molar-refractivity contribution is -0.389. The number of aromatic nitrogens is 2. The first kappa shape index (κ1) is 17.3. The molecule has 0 saturated heterocycles. The minimum Gasteiger partial charge on any atom is -0.434 e. The summed E-state index contributed by atoms with van der Waals surface area (Å²) in [5, 5.41) is 17.0. The first-order valence-electron chi connectivity index (χ1n) is 6.89. The molecule has 0 aliphatic carbocycles. The number of rotatable bonds is 7. The number of nitrogens with one attached hydrogen (secondary N) is 1. The van der Waals surface area contributed by atoms with E-state index >= 15 is 0 Å². The fraction of sp³-hybridized carbons (Fsp3) is 0.286. The van der Waals surface area contributed by atoms with Crippen molar-refractivity contribution in [2.45, 2.75) is 20.1 Å². The van der Waals surface area contributed by atoms with Crippen LogP contribution in [0.25, 0.3) is 0 Å². The van der Waals surface area contributed by atoms with Gasteiger partial charge in [-0.2, -0.15) is 13.5 Å². The normalized spacial score (nSPS) is 10.7. The summed E-state index contributed by atoms with van der Waals surface area (Å²) in [6.45, 7) is -1.08. The molecule has 0 unspecified atom stereocenters. The fourth-order valence-corrected chi connectivity index (χ4v) is 2.03. The Morgan fingerprint density at radius 1 is 1.46 bits per heavy atom. The lowest BCUT2D eigenvalue weighted by Gasteiger charge is -2.10. The van der Waals surface area contributed by atoms with Crippen molar-refractivity contribution in [1.29, 1.82) is 0 Å². The summed E-state index contributed by atoms with van der Waals surface area (Å²) in [6, 6.07) is 6.93. The van der Waals surface area contributed by atoms with Crippen molar-refractivity contribution in [2.75, 3.05) is 6.54 Å². The molecule has 2 aromatic rings. The number of carbonyl (C=O) groups excluding carboxylic acids is 1. The molecule has 1 heterocycles. The number of halogens is 2. The minimum atomic E-state index is -3.04. The van der Waals surface area contributed by atoms with Crippen molar-refractivity contribution in [1.82, 2.24) is 15.1 Å². The largest absolute Gasteiger partial charge is 0.434 e. The third kappa shape index (κ3) is 4.24. The topological polar surface area (TPSA) is 99.3 Å². The Labute approximate surface area is 135 Å². The number of aryl methyl sites for hydroxylation is 1. The lowest BCUT2D eigenvalue weighted by Crippen LogP contribution is -2.28.